The van der Waals surface area contributed by atoms with Crippen LogP contribution >= 0.6 is 0 Å². The second-order valence-electron chi connectivity index (χ2n) is 1.16. The van der Waals surface area contributed by atoms with Gasteiger partial charge in [-0.1, -0.05) is 0 Å². The molecule has 14 heavy (non-hydrogen) atoms. The van der Waals surface area contributed by atoms with Gasteiger partial charge in [0.05, 0.1) is 0 Å². The van der Waals surface area contributed by atoms with E-state index in [1.54, 1.807) is 0 Å². The summed E-state index contributed by atoms with van der Waals surface area (Å²) < 4.78 is 73.3. The first kappa shape index (κ1) is 22.4. The van der Waals surface area contributed by atoms with Crippen molar-refractivity contribution >= 4 is 32.2 Å². The molecule has 0 saturated carbocycles. The van der Waals surface area contributed by atoms with Gasteiger partial charge in [0.2, 0.25) is 20.8 Å². The number of rotatable bonds is 4. The maximum Gasteiger partial charge on any atom is 1.00 e. The Kier molecular flexibility index (Phi) is 14.6. The fourth-order valence-electron chi connectivity index (χ4n) is 0.147. The fourth-order valence-corrected chi connectivity index (χ4v) is 1.53. The average molecular weight is 318 g/mol. The van der Waals surface area contributed by atoms with E-state index in [1.807, 2.05) is 0 Å². The van der Waals surface area contributed by atoms with Crippen LogP contribution in [0.3, 0.4) is 0 Å². The Morgan fingerprint density at radius 1 is 0.857 bits per heavy atom. The van der Waals surface area contributed by atoms with Gasteiger partial charge >= 0.3 is 114 Å². The van der Waals surface area contributed by atoms with Crippen molar-refractivity contribution in [3.8, 4) is 0 Å². The zero-order chi connectivity index (χ0) is 9.99. The van der Waals surface area contributed by atoms with Gasteiger partial charge in [-0.3, -0.25) is 0 Å². The van der Waals surface area contributed by atoms with Crippen molar-refractivity contribution in [2.75, 3.05) is 0 Å². The van der Waals surface area contributed by atoms with E-state index in [-0.39, 0.29) is 103 Å². The summed E-state index contributed by atoms with van der Waals surface area (Å²) in [6.07, 6.45) is 0. The molecule has 0 aromatic heterocycles. The van der Waals surface area contributed by atoms with Gasteiger partial charge in [-0.25, -0.2) is 16.8 Å². The van der Waals surface area contributed by atoms with Crippen molar-refractivity contribution in [3.05, 3.63) is 0 Å². The molecule has 0 rings (SSSR count). The third-order valence-electron chi connectivity index (χ3n) is 0.278. The summed E-state index contributed by atoms with van der Waals surface area (Å²) >= 11 is -3.46. The van der Waals surface area contributed by atoms with E-state index < -0.39 is 32.2 Å². The first-order valence-corrected chi connectivity index (χ1v) is 5.50. The molecule has 0 atom stereocenters. The Morgan fingerprint density at radius 3 is 1.21 bits per heavy atom. The van der Waals surface area contributed by atoms with Crippen molar-refractivity contribution < 1.29 is 140 Å². The van der Waals surface area contributed by atoms with Crippen molar-refractivity contribution in [1.29, 1.82) is 0 Å². The van der Waals surface area contributed by atoms with E-state index in [1.165, 1.54) is 0 Å². The van der Waals surface area contributed by atoms with Gasteiger partial charge in [-0.15, -0.1) is 0 Å². The summed E-state index contributed by atoms with van der Waals surface area (Å²) in [5.41, 5.74) is 0. The summed E-state index contributed by atoms with van der Waals surface area (Å²) in [4.78, 5) is 0. The molecule has 0 N–H and O–H groups in total. The molecule has 0 aliphatic carbocycles. The van der Waals surface area contributed by atoms with Crippen LogP contribution in [0.5, 0.6) is 0 Å². The maximum absolute atomic E-state index is 9.98. The molecule has 0 radical (unpaired) electrons. The van der Waals surface area contributed by atoms with E-state index in [0.29, 0.717) is 0 Å². The van der Waals surface area contributed by atoms with Crippen LogP contribution in [-0.2, 0) is 39.4 Å². The van der Waals surface area contributed by atoms with Crippen LogP contribution in [0.25, 0.3) is 0 Å². The zero-order valence-corrected chi connectivity index (χ0v) is 15.6. The summed E-state index contributed by atoms with van der Waals surface area (Å²) in [5, 5.41) is 0. The Balaban J connectivity index is -0.000000605. The largest absolute Gasteiger partial charge is 1.00 e. The van der Waals surface area contributed by atoms with Crippen LogP contribution in [0.1, 0.15) is 0 Å². The van der Waals surface area contributed by atoms with Gasteiger partial charge in [-0.2, -0.15) is 11.5 Å². The minimum Gasteiger partial charge on any atom is -0.725 e. The van der Waals surface area contributed by atoms with E-state index in [4.69, 9.17) is 0 Å². The minimum atomic E-state index is -5.37. The van der Waals surface area contributed by atoms with Gasteiger partial charge in [0, 0.05) is 0 Å². The van der Waals surface area contributed by atoms with Crippen LogP contribution in [0.2, 0.25) is 0 Å². The van der Waals surface area contributed by atoms with Gasteiger partial charge in [-0.05, 0) is 0 Å². The molecule has 0 aliphatic heterocycles. The maximum atomic E-state index is 9.98. The fraction of sp³-hybridized carbons (Fsp3) is 0. The average Bonchev–Trinajstić information content (AvgIpc) is 1.49. The molecule has 0 spiro atoms. The minimum absolute atomic E-state index is 0. The summed E-state index contributed by atoms with van der Waals surface area (Å²) in [6.45, 7) is 0. The molecule has 0 bridgehead atoms. The Labute approximate surface area is 168 Å². The smallest absolute Gasteiger partial charge is 0.725 e. The first-order valence-electron chi connectivity index (χ1n) is 1.83. The van der Waals surface area contributed by atoms with Gasteiger partial charge < -0.3 is 9.11 Å². The zero-order valence-electron chi connectivity index (χ0n) is 6.90. The molecule has 74 valence electrons. The predicted octanol–water partition coefficient (Wildman–Crippen LogP) is -8.47. The second-order valence-corrected chi connectivity index (χ2v) is 4.29. The van der Waals surface area contributed by atoms with Crippen molar-refractivity contribution in [3.63, 3.8) is 0 Å². The molecule has 0 unspecified atom stereocenters. The van der Waals surface area contributed by atoms with Crippen molar-refractivity contribution in [2.24, 2.45) is 0 Å². The van der Waals surface area contributed by atoms with Crippen molar-refractivity contribution in [1.82, 2.24) is 0 Å². The van der Waals surface area contributed by atoms with Gasteiger partial charge in [0.15, 0.2) is 0 Å². The van der Waals surface area contributed by atoms with Crippen molar-refractivity contribution in [2.45, 2.75) is 0 Å². The topological polar surface area (TPSA) is 150 Å². The Morgan fingerprint density at radius 2 is 1.07 bits per heavy atom. The SMILES string of the molecule is O=S(OS(=O)(=O)[O-])OS(=O)(=O)[O-].[K+].[K+]. The molecule has 0 amide bonds. The van der Waals surface area contributed by atoms with E-state index in [0.717, 1.165) is 0 Å². The van der Waals surface area contributed by atoms with E-state index >= 15 is 0 Å². The van der Waals surface area contributed by atoms with E-state index in [2.05, 4.69) is 7.26 Å². The first-order chi connectivity index (χ1) is 5.10. The molecule has 0 aromatic rings. The third-order valence-corrected chi connectivity index (χ3v) is 2.50. The van der Waals surface area contributed by atoms with Crippen LogP contribution in [0, 0.1) is 0 Å². The Bertz CT molecular complexity index is 325. The summed E-state index contributed by atoms with van der Waals surface area (Å²) in [5.74, 6) is 0. The van der Waals surface area contributed by atoms with Crippen LogP contribution in [0.15, 0.2) is 0 Å². The molecule has 0 aromatic carbocycles. The van der Waals surface area contributed by atoms with Crippen LogP contribution < -0.4 is 103 Å². The summed E-state index contributed by atoms with van der Waals surface area (Å²) in [6, 6.07) is 0. The molecular formula is K2O9S3. The van der Waals surface area contributed by atoms with Crippen LogP contribution in [-0.4, -0.2) is 30.1 Å². The number of hydrogen-bond donors (Lipinski definition) is 0. The molecule has 0 aliphatic rings. The second kappa shape index (κ2) is 9.14. The van der Waals surface area contributed by atoms with Crippen LogP contribution in [0.4, 0.5) is 0 Å². The monoisotopic (exact) mass is 318 g/mol. The Hall–Kier alpha value is 3.16. The predicted molar refractivity (Wildman–Crippen MR) is 29.7 cm³/mol. The quantitative estimate of drug-likeness (QED) is 0.279. The van der Waals surface area contributed by atoms with E-state index in [9.17, 15) is 30.1 Å². The molecule has 14 heteroatoms. The summed E-state index contributed by atoms with van der Waals surface area (Å²) in [7, 11) is -10.7. The molecule has 9 nitrogen and oxygen atoms in total. The molecule has 0 heterocycles. The number of hydrogen-bond acceptors (Lipinski definition) is 9. The molecule has 0 fully saturated rings. The molecular weight excluding hydrogens is 318 g/mol. The third kappa shape index (κ3) is 17.6. The standard InChI is InChI=1S/2K.H2O9S3/c;;1-10(8-11(2,3)4)9-12(5,6)7/h;;(H,2,3,4)(H,5,6,7)/q2*+1;/p-2. The molecule has 0 saturated heterocycles. The van der Waals surface area contributed by atoms with Gasteiger partial charge in [0.25, 0.3) is 0 Å². The normalized spacial score (nSPS) is 11.6. The van der Waals surface area contributed by atoms with Gasteiger partial charge in [0.1, 0.15) is 0 Å².